The average Bonchev–Trinajstić information content (AvgIpc) is 2.72. The van der Waals surface area contributed by atoms with Gasteiger partial charge in [-0.3, -0.25) is 4.90 Å². The molecular formula is C9H14N4S. The Kier molecular flexibility index (Phi) is 3.48. The van der Waals surface area contributed by atoms with Gasteiger partial charge in [0, 0.05) is 37.7 Å². The zero-order valence-corrected chi connectivity index (χ0v) is 8.83. The van der Waals surface area contributed by atoms with Gasteiger partial charge in [-0.1, -0.05) is 12.2 Å². The number of hydrogen-bond acceptors (Lipinski definition) is 5. The van der Waals surface area contributed by atoms with E-state index in [-0.39, 0.29) is 0 Å². The standard InChI is InChI=1S/C9H14N4S/c1-2-5-13(6-3-1)7-4-10-9-11-8-12-14-9/h1-2,8H,3-7H2,(H,10,11,12). The van der Waals surface area contributed by atoms with Gasteiger partial charge >= 0.3 is 0 Å². The minimum atomic E-state index is 0.914. The van der Waals surface area contributed by atoms with E-state index in [4.69, 9.17) is 0 Å². The van der Waals surface area contributed by atoms with Gasteiger partial charge in [0.15, 0.2) is 0 Å². The molecular weight excluding hydrogens is 196 g/mol. The predicted molar refractivity (Wildman–Crippen MR) is 58.6 cm³/mol. The van der Waals surface area contributed by atoms with Crippen LogP contribution in [0.25, 0.3) is 0 Å². The van der Waals surface area contributed by atoms with Crippen molar-refractivity contribution in [2.24, 2.45) is 0 Å². The van der Waals surface area contributed by atoms with Gasteiger partial charge in [0.1, 0.15) is 6.33 Å². The molecule has 1 aromatic heterocycles. The van der Waals surface area contributed by atoms with E-state index in [1.165, 1.54) is 24.5 Å². The van der Waals surface area contributed by atoms with E-state index in [1.807, 2.05) is 0 Å². The first-order valence-corrected chi connectivity index (χ1v) is 5.60. The van der Waals surface area contributed by atoms with Crippen LogP contribution in [0.15, 0.2) is 18.5 Å². The molecule has 2 heterocycles. The van der Waals surface area contributed by atoms with Crippen molar-refractivity contribution in [3.8, 4) is 0 Å². The third kappa shape index (κ3) is 2.78. The SMILES string of the molecule is C1=CCN(CCNc2ncns2)CC1. The molecule has 0 saturated heterocycles. The maximum absolute atomic E-state index is 4.06. The largest absolute Gasteiger partial charge is 0.359 e. The Balaban J connectivity index is 1.65. The van der Waals surface area contributed by atoms with Crippen LogP contribution < -0.4 is 5.32 Å². The Morgan fingerprint density at radius 1 is 1.50 bits per heavy atom. The van der Waals surface area contributed by atoms with Crippen LogP contribution in [0.4, 0.5) is 5.13 Å². The summed E-state index contributed by atoms with van der Waals surface area (Å²) in [5.74, 6) is 0. The summed E-state index contributed by atoms with van der Waals surface area (Å²) in [6, 6.07) is 0. The third-order valence-electron chi connectivity index (χ3n) is 2.21. The molecule has 0 radical (unpaired) electrons. The summed E-state index contributed by atoms with van der Waals surface area (Å²) in [6.07, 6.45) is 7.23. The predicted octanol–water partition coefficient (Wildman–Crippen LogP) is 1.21. The minimum absolute atomic E-state index is 0.914. The van der Waals surface area contributed by atoms with E-state index in [9.17, 15) is 0 Å². The van der Waals surface area contributed by atoms with Crippen molar-refractivity contribution in [1.82, 2.24) is 14.3 Å². The van der Waals surface area contributed by atoms with Crippen molar-refractivity contribution in [1.29, 1.82) is 0 Å². The Labute approximate surface area is 87.8 Å². The van der Waals surface area contributed by atoms with E-state index >= 15 is 0 Å². The molecule has 0 aromatic carbocycles. The molecule has 0 amide bonds. The smallest absolute Gasteiger partial charge is 0.202 e. The molecule has 1 aromatic rings. The fourth-order valence-corrected chi connectivity index (χ4v) is 1.92. The van der Waals surface area contributed by atoms with Gasteiger partial charge in [-0.15, -0.1) is 0 Å². The van der Waals surface area contributed by atoms with Gasteiger partial charge in [-0.2, -0.15) is 4.37 Å². The maximum atomic E-state index is 4.06. The first-order chi connectivity index (χ1) is 6.95. The lowest BCUT2D eigenvalue weighted by Crippen LogP contribution is -2.31. The van der Waals surface area contributed by atoms with Gasteiger partial charge < -0.3 is 5.32 Å². The summed E-state index contributed by atoms with van der Waals surface area (Å²) in [7, 11) is 0. The molecule has 76 valence electrons. The molecule has 0 atom stereocenters. The van der Waals surface area contributed by atoms with Crippen molar-refractivity contribution in [3.63, 3.8) is 0 Å². The fourth-order valence-electron chi connectivity index (χ4n) is 1.46. The maximum Gasteiger partial charge on any atom is 0.202 e. The van der Waals surface area contributed by atoms with Crippen molar-refractivity contribution >= 4 is 16.7 Å². The monoisotopic (exact) mass is 210 g/mol. The second kappa shape index (κ2) is 5.07. The normalized spacial score (nSPS) is 17.1. The number of nitrogens with zero attached hydrogens (tertiary/aromatic N) is 3. The number of anilines is 1. The zero-order chi connectivity index (χ0) is 9.64. The molecule has 14 heavy (non-hydrogen) atoms. The third-order valence-corrected chi connectivity index (χ3v) is 2.83. The molecule has 0 unspecified atom stereocenters. The molecule has 5 heteroatoms. The quantitative estimate of drug-likeness (QED) is 0.758. The Bertz CT molecular complexity index is 283. The molecule has 0 spiro atoms. The first kappa shape index (κ1) is 9.61. The van der Waals surface area contributed by atoms with Crippen molar-refractivity contribution in [2.75, 3.05) is 31.5 Å². The van der Waals surface area contributed by atoms with Crippen LogP contribution in [0, 0.1) is 0 Å². The lowest BCUT2D eigenvalue weighted by molar-refractivity contribution is 0.310. The van der Waals surface area contributed by atoms with Gasteiger partial charge in [0.25, 0.3) is 0 Å². The molecule has 0 bridgehead atoms. The molecule has 1 aliphatic heterocycles. The summed E-state index contributed by atoms with van der Waals surface area (Å²) >= 11 is 1.40. The minimum Gasteiger partial charge on any atom is -0.359 e. The fraction of sp³-hybridized carbons (Fsp3) is 0.556. The van der Waals surface area contributed by atoms with Crippen molar-refractivity contribution < 1.29 is 0 Å². The highest BCUT2D eigenvalue weighted by molar-refractivity contribution is 7.09. The lowest BCUT2D eigenvalue weighted by atomic mass is 10.2. The highest BCUT2D eigenvalue weighted by Crippen LogP contribution is 2.06. The van der Waals surface area contributed by atoms with E-state index < -0.39 is 0 Å². The summed E-state index contributed by atoms with van der Waals surface area (Å²) < 4.78 is 3.93. The van der Waals surface area contributed by atoms with E-state index in [0.717, 1.165) is 24.8 Å². The number of nitrogens with one attached hydrogen (secondary N) is 1. The summed E-state index contributed by atoms with van der Waals surface area (Å²) in [5.41, 5.74) is 0. The van der Waals surface area contributed by atoms with Gasteiger partial charge in [-0.25, -0.2) is 4.98 Å². The summed E-state index contributed by atoms with van der Waals surface area (Å²) in [5, 5.41) is 4.17. The lowest BCUT2D eigenvalue weighted by Gasteiger charge is -2.22. The summed E-state index contributed by atoms with van der Waals surface area (Å²) in [6.45, 7) is 4.28. The first-order valence-electron chi connectivity index (χ1n) is 4.83. The molecule has 4 nitrogen and oxygen atoms in total. The average molecular weight is 210 g/mol. The van der Waals surface area contributed by atoms with E-state index in [0.29, 0.717) is 0 Å². The second-order valence-corrected chi connectivity index (χ2v) is 4.01. The second-order valence-electron chi connectivity index (χ2n) is 3.23. The van der Waals surface area contributed by atoms with Crippen LogP contribution >= 0.6 is 11.5 Å². The van der Waals surface area contributed by atoms with Crippen molar-refractivity contribution in [3.05, 3.63) is 18.5 Å². The van der Waals surface area contributed by atoms with Crippen LogP contribution in [-0.2, 0) is 0 Å². The topological polar surface area (TPSA) is 41.0 Å². The van der Waals surface area contributed by atoms with Crippen LogP contribution in [0.5, 0.6) is 0 Å². The highest BCUT2D eigenvalue weighted by Gasteiger charge is 2.04. The molecule has 2 rings (SSSR count). The van der Waals surface area contributed by atoms with Crippen LogP contribution in [0.2, 0.25) is 0 Å². The van der Waals surface area contributed by atoms with Gasteiger partial charge in [0.2, 0.25) is 5.13 Å². The highest BCUT2D eigenvalue weighted by atomic mass is 32.1. The van der Waals surface area contributed by atoms with Gasteiger partial charge in [0.05, 0.1) is 0 Å². The molecule has 0 saturated carbocycles. The van der Waals surface area contributed by atoms with E-state index in [1.54, 1.807) is 6.33 Å². The Morgan fingerprint density at radius 3 is 3.21 bits per heavy atom. The molecule has 1 aliphatic rings. The van der Waals surface area contributed by atoms with Crippen LogP contribution in [0.3, 0.4) is 0 Å². The van der Waals surface area contributed by atoms with E-state index in [2.05, 4.69) is 31.7 Å². The number of aromatic nitrogens is 2. The number of rotatable bonds is 4. The van der Waals surface area contributed by atoms with Gasteiger partial charge in [-0.05, 0) is 6.42 Å². The zero-order valence-electron chi connectivity index (χ0n) is 8.02. The number of hydrogen-bond donors (Lipinski definition) is 1. The Morgan fingerprint density at radius 2 is 2.50 bits per heavy atom. The molecule has 1 N–H and O–H groups in total. The Hall–Kier alpha value is -0.940. The van der Waals surface area contributed by atoms with Crippen LogP contribution in [-0.4, -0.2) is 40.4 Å². The summed E-state index contributed by atoms with van der Waals surface area (Å²) in [4.78, 5) is 6.49. The van der Waals surface area contributed by atoms with Crippen molar-refractivity contribution in [2.45, 2.75) is 6.42 Å². The van der Waals surface area contributed by atoms with Crippen LogP contribution in [0.1, 0.15) is 6.42 Å². The molecule has 0 aliphatic carbocycles. The molecule has 0 fully saturated rings.